The van der Waals surface area contributed by atoms with Crippen LogP contribution in [-0.2, 0) is 6.42 Å². The summed E-state index contributed by atoms with van der Waals surface area (Å²) in [6.07, 6.45) is 4.91. The third-order valence-electron chi connectivity index (χ3n) is 3.91. The molecule has 108 valence electrons. The zero-order valence-corrected chi connectivity index (χ0v) is 11.9. The van der Waals surface area contributed by atoms with Crippen molar-refractivity contribution in [2.45, 2.75) is 26.7 Å². The number of aryl methyl sites for hydroxylation is 1. The number of nitrogens with one attached hydrogen (secondary N) is 2. The molecule has 21 heavy (non-hydrogen) atoms. The van der Waals surface area contributed by atoms with Gasteiger partial charge in [0.15, 0.2) is 5.78 Å². The Bertz CT molecular complexity index is 768. The zero-order valence-electron chi connectivity index (χ0n) is 11.9. The fourth-order valence-corrected chi connectivity index (χ4v) is 2.95. The number of hydrogen-bond acceptors (Lipinski definition) is 4. The lowest BCUT2D eigenvalue weighted by atomic mass is 9.80. The molecule has 1 aromatic rings. The number of rotatable bonds is 2. The van der Waals surface area contributed by atoms with Gasteiger partial charge in [0.2, 0.25) is 11.3 Å². The van der Waals surface area contributed by atoms with E-state index in [9.17, 15) is 14.4 Å². The van der Waals surface area contributed by atoms with E-state index in [1.807, 2.05) is 19.9 Å². The normalized spacial score (nSPS) is 20.2. The predicted molar refractivity (Wildman–Crippen MR) is 78.2 cm³/mol. The van der Waals surface area contributed by atoms with Gasteiger partial charge in [0.25, 0.3) is 0 Å². The molecule has 5 nitrogen and oxygen atoms in total. The minimum atomic E-state index is -0.346. The number of allylic oxidation sites excluding steroid dienone is 3. The molecule has 0 fully saturated rings. The van der Waals surface area contributed by atoms with Gasteiger partial charge in [0, 0.05) is 17.6 Å². The van der Waals surface area contributed by atoms with Gasteiger partial charge in [-0.05, 0) is 18.2 Å². The smallest absolute Gasteiger partial charge is 0.248 e. The topological polar surface area (TPSA) is 79.0 Å². The van der Waals surface area contributed by atoms with Crippen molar-refractivity contribution in [3.8, 4) is 0 Å². The standard InChI is InChI=1S/C16H16N2O3/c1-3-4-9-7-10(19)18-14-12(9)15(20)11-8(2)5-6-17-13(11)16(14)21/h5-8,17H,3-4H2,1-2H3,(H,18,19). The SMILES string of the molecule is CCCc1cc(=O)[nH]c2c1C(=O)C1=C(NC=CC1C)C2=O. The molecule has 0 radical (unpaired) electrons. The quantitative estimate of drug-likeness (QED) is 0.866. The molecule has 1 unspecified atom stereocenters. The van der Waals surface area contributed by atoms with Crippen LogP contribution in [0.4, 0.5) is 0 Å². The third kappa shape index (κ3) is 1.96. The van der Waals surface area contributed by atoms with Crippen LogP contribution in [-0.4, -0.2) is 16.6 Å². The number of pyridine rings is 1. The van der Waals surface area contributed by atoms with Crippen molar-refractivity contribution in [1.82, 2.24) is 10.3 Å². The van der Waals surface area contributed by atoms with Gasteiger partial charge in [-0.1, -0.05) is 26.3 Å². The lowest BCUT2D eigenvalue weighted by Crippen LogP contribution is -2.35. The Labute approximate surface area is 121 Å². The molecule has 0 spiro atoms. The molecule has 2 N–H and O–H groups in total. The lowest BCUT2D eigenvalue weighted by Gasteiger charge is -2.27. The number of aromatic nitrogens is 1. The van der Waals surface area contributed by atoms with Crippen molar-refractivity contribution < 1.29 is 9.59 Å². The van der Waals surface area contributed by atoms with Crippen LogP contribution in [0.25, 0.3) is 0 Å². The first-order chi connectivity index (χ1) is 10.0. The van der Waals surface area contributed by atoms with Crippen molar-refractivity contribution in [3.05, 3.63) is 56.8 Å². The first-order valence-electron chi connectivity index (χ1n) is 7.07. The molecule has 3 rings (SSSR count). The molecule has 0 bridgehead atoms. The maximum atomic E-state index is 12.8. The lowest BCUT2D eigenvalue weighted by molar-refractivity contribution is 0.0958. The maximum absolute atomic E-state index is 12.8. The molecule has 2 heterocycles. The maximum Gasteiger partial charge on any atom is 0.248 e. The Morgan fingerprint density at radius 3 is 2.67 bits per heavy atom. The van der Waals surface area contributed by atoms with Gasteiger partial charge < -0.3 is 10.3 Å². The summed E-state index contributed by atoms with van der Waals surface area (Å²) in [6.45, 7) is 3.86. The average Bonchev–Trinajstić information content (AvgIpc) is 2.44. The molecule has 1 aromatic heterocycles. The highest BCUT2D eigenvalue weighted by molar-refractivity contribution is 6.26. The molecule has 0 saturated heterocycles. The van der Waals surface area contributed by atoms with Crippen LogP contribution in [0.15, 0.2) is 34.4 Å². The second-order valence-electron chi connectivity index (χ2n) is 5.40. The Balaban J connectivity index is 2.26. The van der Waals surface area contributed by atoms with Crippen LogP contribution in [0, 0.1) is 5.92 Å². The second-order valence-corrected chi connectivity index (χ2v) is 5.40. The van der Waals surface area contributed by atoms with Crippen molar-refractivity contribution in [2.75, 3.05) is 0 Å². The first kappa shape index (κ1) is 13.5. The summed E-state index contributed by atoms with van der Waals surface area (Å²) in [5.41, 5.74) is 1.56. The number of H-pyrrole nitrogens is 1. The average molecular weight is 284 g/mol. The number of carbonyl (C=O) groups is 2. The van der Waals surface area contributed by atoms with E-state index in [1.54, 1.807) is 6.20 Å². The summed E-state index contributed by atoms with van der Waals surface area (Å²) in [7, 11) is 0. The van der Waals surface area contributed by atoms with Crippen molar-refractivity contribution in [3.63, 3.8) is 0 Å². The van der Waals surface area contributed by atoms with E-state index in [-0.39, 0.29) is 34.4 Å². The predicted octanol–water partition coefficient (Wildman–Crippen LogP) is 1.71. The van der Waals surface area contributed by atoms with Gasteiger partial charge in [0.1, 0.15) is 5.69 Å². The number of ketones is 2. The Hall–Kier alpha value is -2.43. The number of carbonyl (C=O) groups excluding carboxylic acids is 2. The zero-order chi connectivity index (χ0) is 15.1. The highest BCUT2D eigenvalue weighted by atomic mass is 16.1. The van der Waals surface area contributed by atoms with Gasteiger partial charge in [-0.25, -0.2) is 0 Å². The Kier molecular flexibility index (Phi) is 3.12. The molecule has 0 amide bonds. The van der Waals surface area contributed by atoms with Crippen molar-refractivity contribution in [2.24, 2.45) is 5.92 Å². The first-order valence-corrected chi connectivity index (χ1v) is 7.07. The van der Waals surface area contributed by atoms with Crippen molar-refractivity contribution in [1.29, 1.82) is 0 Å². The minimum absolute atomic E-state index is 0.115. The molecule has 2 aliphatic rings. The molecular formula is C16H16N2O3. The highest BCUT2D eigenvalue weighted by Crippen LogP contribution is 2.32. The van der Waals surface area contributed by atoms with E-state index in [1.165, 1.54) is 6.07 Å². The number of hydrogen-bond donors (Lipinski definition) is 2. The number of Topliss-reactive ketones (excluding diaryl/α,β-unsaturated/α-hetero) is 2. The molecule has 1 atom stereocenters. The summed E-state index contributed by atoms with van der Waals surface area (Å²) < 4.78 is 0. The van der Waals surface area contributed by atoms with Gasteiger partial charge in [-0.2, -0.15) is 0 Å². The minimum Gasteiger partial charge on any atom is -0.358 e. The number of aromatic amines is 1. The number of dihydropyridines is 1. The van der Waals surface area contributed by atoms with Crippen LogP contribution >= 0.6 is 0 Å². The van der Waals surface area contributed by atoms with Crippen LogP contribution in [0.3, 0.4) is 0 Å². The fraction of sp³-hybridized carbons (Fsp3) is 0.312. The molecule has 1 aliphatic heterocycles. The summed E-state index contributed by atoms with van der Waals surface area (Å²) in [6, 6.07) is 1.43. The Morgan fingerprint density at radius 2 is 1.95 bits per heavy atom. The summed E-state index contributed by atoms with van der Waals surface area (Å²) in [5.74, 6) is -0.596. The van der Waals surface area contributed by atoms with E-state index < -0.39 is 0 Å². The largest absolute Gasteiger partial charge is 0.358 e. The van der Waals surface area contributed by atoms with E-state index >= 15 is 0 Å². The molecule has 1 aliphatic carbocycles. The second kappa shape index (κ2) is 4.84. The van der Waals surface area contributed by atoms with Crippen LogP contribution < -0.4 is 10.9 Å². The van der Waals surface area contributed by atoms with Crippen molar-refractivity contribution >= 4 is 11.6 Å². The number of fused-ring (bicyclic) bond motifs is 1. The van der Waals surface area contributed by atoms with E-state index in [4.69, 9.17) is 0 Å². The molecule has 0 aromatic carbocycles. The third-order valence-corrected chi connectivity index (χ3v) is 3.91. The van der Waals surface area contributed by atoms with Gasteiger partial charge >= 0.3 is 0 Å². The van der Waals surface area contributed by atoms with E-state index in [2.05, 4.69) is 10.3 Å². The van der Waals surface area contributed by atoms with Gasteiger partial charge in [-0.15, -0.1) is 0 Å². The molecule has 5 heteroatoms. The summed E-state index contributed by atoms with van der Waals surface area (Å²) >= 11 is 0. The fourth-order valence-electron chi connectivity index (χ4n) is 2.95. The van der Waals surface area contributed by atoms with Crippen LogP contribution in [0.5, 0.6) is 0 Å². The van der Waals surface area contributed by atoms with E-state index in [0.717, 1.165) is 6.42 Å². The van der Waals surface area contributed by atoms with E-state index in [0.29, 0.717) is 23.1 Å². The van der Waals surface area contributed by atoms with Gasteiger partial charge in [0.05, 0.1) is 11.3 Å². The van der Waals surface area contributed by atoms with Gasteiger partial charge in [-0.3, -0.25) is 14.4 Å². The van der Waals surface area contributed by atoms with Crippen LogP contribution in [0.2, 0.25) is 0 Å². The molecule has 0 saturated carbocycles. The molecular weight excluding hydrogens is 268 g/mol. The Morgan fingerprint density at radius 1 is 1.19 bits per heavy atom. The summed E-state index contributed by atoms with van der Waals surface area (Å²) in [5, 5.41) is 2.85. The highest BCUT2D eigenvalue weighted by Gasteiger charge is 2.37. The monoisotopic (exact) mass is 284 g/mol. The van der Waals surface area contributed by atoms with Crippen LogP contribution in [0.1, 0.15) is 46.7 Å². The summed E-state index contributed by atoms with van der Waals surface area (Å²) in [4.78, 5) is 39.7.